The summed E-state index contributed by atoms with van der Waals surface area (Å²) in [7, 11) is 0. The molecule has 1 radical (unpaired) electrons. The van der Waals surface area contributed by atoms with Crippen LogP contribution in [0.3, 0.4) is 0 Å². The lowest BCUT2D eigenvalue weighted by atomic mass is 10.1. The number of hydrogen-bond donors (Lipinski definition) is 3. The molecule has 1 rings (SSSR count). The number of carbonyl (C=O) groups excluding carboxylic acids is 1. The second-order valence-electron chi connectivity index (χ2n) is 2.57. The Balaban J connectivity index is 2.66. The van der Waals surface area contributed by atoms with Gasteiger partial charge in [-0.05, 0) is 11.6 Å². The lowest BCUT2D eigenvalue weighted by molar-refractivity contribution is 0.562. The molecule has 1 aromatic rings. The van der Waals surface area contributed by atoms with Gasteiger partial charge in [-0.3, -0.25) is 10.2 Å². The quantitative estimate of drug-likeness (QED) is 0.452. The summed E-state index contributed by atoms with van der Waals surface area (Å²) in [6.45, 7) is 0.449. The van der Waals surface area contributed by atoms with Crippen LogP contribution in [0, 0.1) is 5.41 Å². The molecule has 0 aliphatic carbocycles. The van der Waals surface area contributed by atoms with Crippen LogP contribution in [0.1, 0.15) is 11.1 Å². The first-order valence-corrected chi connectivity index (χ1v) is 3.77. The lowest BCUT2D eigenvalue weighted by Gasteiger charge is -2.03. The van der Waals surface area contributed by atoms with Crippen LogP contribution in [0.25, 0.3) is 0 Å². The van der Waals surface area contributed by atoms with Gasteiger partial charge in [0.25, 0.3) is 0 Å². The summed E-state index contributed by atoms with van der Waals surface area (Å²) >= 11 is 0. The molecule has 0 aliphatic heterocycles. The van der Waals surface area contributed by atoms with Crippen molar-refractivity contribution >= 4 is 12.2 Å². The van der Waals surface area contributed by atoms with E-state index in [2.05, 4.69) is 5.32 Å². The van der Waals surface area contributed by atoms with Crippen molar-refractivity contribution in [1.29, 1.82) is 5.41 Å². The first-order valence-electron chi connectivity index (χ1n) is 3.77. The minimum atomic E-state index is -0.0829. The van der Waals surface area contributed by atoms with Crippen LogP contribution in [-0.4, -0.2) is 12.2 Å². The van der Waals surface area contributed by atoms with Gasteiger partial charge in [-0.25, -0.2) is 0 Å². The van der Waals surface area contributed by atoms with Gasteiger partial charge >= 0.3 is 0 Å². The van der Waals surface area contributed by atoms with E-state index >= 15 is 0 Å². The Morgan fingerprint density at radius 1 is 1.62 bits per heavy atom. The summed E-state index contributed by atoms with van der Waals surface area (Å²) in [4.78, 5) is 10.3. The maximum absolute atomic E-state index is 10.3. The molecule has 1 aromatic carbocycles. The summed E-state index contributed by atoms with van der Waals surface area (Å²) < 4.78 is 0. The van der Waals surface area contributed by atoms with E-state index in [4.69, 9.17) is 11.1 Å². The van der Waals surface area contributed by atoms with Crippen molar-refractivity contribution in [3.05, 3.63) is 35.4 Å². The third-order valence-corrected chi connectivity index (χ3v) is 1.53. The molecule has 0 aliphatic rings. The molecule has 0 heterocycles. The van der Waals surface area contributed by atoms with Crippen molar-refractivity contribution in [3.8, 4) is 0 Å². The van der Waals surface area contributed by atoms with E-state index in [0.29, 0.717) is 12.1 Å². The van der Waals surface area contributed by atoms with Crippen LogP contribution in [0.2, 0.25) is 0 Å². The summed E-state index contributed by atoms with van der Waals surface area (Å²) in [5.74, 6) is -0.0829. The third kappa shape index (κ3) is 2.94. The molecular formula is C9H10N3O. The number of hydrogen-bond acceptors (Lipinski definition) is 2. The number of nitrogens with one attached hydrogen (secondary N) is 2. The van der Waals surface area contributed by atoms with Crippen molar-refractivity contribution in [2.45, 2.75) is 6.54 Å². The summed E-state index contributed by atoms with van der Waals surface area (Å²) in [5, 5.41) is 9.58. The number of guanidine groups is 1. The van der Waals surface area contributed by atoms with E-state index in [-0.39, 0.29) is 5.96 Å². The molecule has 0 spiro atoms. The number of nitrogens with two attached hydrogens (primary N) is 1. The summed E-state index contributed by atoms with van der Waals surface area (Å²) in [6.07, 6.45) is 1.79. The minimum absolute atomic E-state index is 0.0829. The van der Waals surface area contributed by atoms with Gasteiger partial charge in [0.05, 0.1) is 0 Å². The first kappa shape index (κ1) is 9.25. The predicted molar refractivity (Wildman–Crippen MR) is 50.0 cm³/mol. The van der Waals surface area contributed by atoms with Gasteiger partial charge in [0.2, 0.25) is 6.29 Å². The normalized spacial score (nSPS) is 9.23. The molecule has 0 unspecified atom stereocenters. The zero-order valence-electron chi connectivity index (χ0n) is 7.00. The van der Waals surface area contributed by atoms with Crippen molar-refractivity contribution in [2.24, 2.45) is 5.73 Å². The zero-order chi connectivity index (χ0) is 9.68. The Kier molecular flexibility index (Phi) is 3.03. The highest BCUT2D eigenvalue weighted by Gasteiger charge is 1.95. The molecule has 0 bridgehead atoms. The van der Waals surface area contributed by atoms with Crippen LogP contribution in [0.15, 0.2) is 24.3 Å². The van der Waals surface area contributed by atoms with Crippen LogP contribution < -0.4 is 11.1 Å². The Hall–Kier alpha value is -1.84. The third-order valence-electron chi connectivity index (χ3n) is 1.53. The monoisotopic (exact) mass is 176 g/mol. The van der Waals surface area contributed by atoms with Crippen LogP contribution in [0.4, 0.5) is 0 Å². The highest BCUT2D eigenvalue weighted by atomic mass is 16.1. The fourth-order valence-electron chi connectivity index (χ4n) is 0.942. The maximum Gasteiger partial charge on any atom is 0.233 e. The molecule has 0 saturated carbocycles. The lowest BCUT2D eigenvalue weighted by Crippen LogP contribution is -2.29. The maximum atomic E-state index is 10.3. The van der Waals surface area contributed by atoms with Gasteiger partial charge in [-0.1, -0.05) is 18.2 Å². The Morgan fingerprint density at radius 3 is 3.00 bits per heavy atom. The van der Waals surface area contributed by atoms with E-state index < -0.39 is 0 Å². The summed E-state index contributed by atoms with van der Waals surface area (Å²) in [5.41, 5.74) is 6.51. The Labute approximate surface area is 76.3 Å². The fraction of sp³-hybridized carbons (Fsp3) is 0.111. The highest BCUT2D eigenvalue weighted by molar-refractivity contribution is 5.76. The van der Waals surface area contributed by atoms with Gasteiger partial charge in [-0.2, -0.15) is 0 Å². The van der Waals surface area contributed by atoms with Gasteiger partial charge < -0.3 is 11.1 Å². The Bertz CT molecular complexity index is 322. The van der Waals surface area contributed by atoms with E-state index in [1.54, 1.807) is 24.5 Å². The molecule has 0 amide bonds. The zero-order valence-corrected chi connectivity index (χ0v) is 7.00. The highest BCUT2D eigenvalue weighted by Crippen LogP contribution is 2.02. The number of benzene rings is 1. The molecule has 13 heavy (non-hydrogen) atoms. The van der Waals surface area contributed by atoms with E-state index in [0.717, 1.165) is 5.56 Å². The molecule has 0 atom stereocenters. The second-order valence-corrected chi connectivity index (χ2v) is 2.57. The van der Waals surface area contributed by atoms with Crippen LogP contribution >= 0.6 is 0 Å². The molecule has 4 nitrogen and oxygen atoms in total. The summed E-state index contributed by atoms with van der Waals surface area (Å²) in [6, 6.07) is 6.97. The average Bonchev–Trinajstić information content (AvgIpc) is 2.15. The molecule has 67 valence electrons. The van der Waals surface area contributed by atoms with E-state index in [9.17, 15) is 4.79 Å². The predicted octanol–water partition coefficient (Wildman–Crippen LogP) is 0.127. The molecule has 0 aromatic heterocycles. The fourth-order valence-corrected chi connectivity index (χ4v) is 0.942. The second kappa shape index (κ2) is 4.25. The molecular weight excluding hydrogens is 166 g/mol. The van der Waals surface area contributed by atoms with Crippen molar-refractivity contribution < 1.29 is 4.79 Å². The van der Waals surface area contributed by atoms with Crippen LogP contribution in [0.5, 0.6) is 0 Å². The molecule has 4 N–H and O–H groups in total. The van der Waals surface area contributed by atoms with Gasteiger partial charge in [-0.15, -0.1) is 0 Å². The van der Waals surface area contributed by atoms with E-state index in [1.807, 2.05) is 6.07 Å². The molecule has 0 fully saturated rings. The molecule has 0 saturated heterocycles. The van der Waals surface area contributed by atoms with Crippen molar-refractivity contribution in [2.75, 3.05) is 0 Å². The van der Waals surface area contributed by atoms with Crippen molar-refractivity contribution in [1.82, 2.24) is 5.32 Å². The largest absolute Gasteiger partial charge is 0.370 e. The van der Waals surface area contributed by atoms with E-state index in [1.165, 1.54) is 0 Å². The van der Waals surface area contributed by atoms with Crippen molar-refractivity contribution in [3.63, 3.8) is 0 Å². The number of rotatable bonds is 3. The minimum Gasteiger partial charge on any atom is -0.370 e. The van der Waals surface area contributed by atoms with Gasteiger partial charge in [0.1, 0.15) is 0 Å². The standard InChI is InChI=1S/C9H10N3O/c10-9(11)12-5-7-2-1-3-8(4-7)6-13/h1-4H,5H2,(H4,10,11,12). The van der Waals surface area contributed by atoms with Gasteiger partial charge in [0.15, 0.2) is 5.96 Å². The topological polar surface area (TPSA) is 79.0 Å². The average molecular weight is 176 g/mol. The SMILES string of the molecule is N=C(N)NCc1cccc([C]=O)c1. The van der Waals surface area contributed by atoms with Gasteiger partial charge in [0, 0.05) is 12.1 Å². The smallest absolute Gasteiger partial charge is 0.233 e. The molecule has 4 heteroatoms. The Morgan fingerprint density at radius 2 is 2.38 bits per heavy atom. The first-order chi connectivity index (χ1) is 6.22. The van der Waals surface area contributed by atoms with Crippen LogP contribution in [-0.2, 0) is 11.3 Å².